The lowest BCUT2D eigenvalue weighted by atomic mass is 9.93. The van der Waals surface area contributed by atoms with Gasteiger partial charge in [-0.3, -0.25) is 9.69 Å². The maximum atomic E-state index is 13.8. The van der Waals surface area contributed by atoms with E-state index in [2.05, 4.69) is 4.90 Å². The van der Waals surface area contributed by atoms with Gasteiger partial charge < -0.3 is 14.2 Å². The maximum Gasteiger partial charge on any atom is 0.341 e. The number of esters is 1. The van der Waals surface area contributed by atoms with Crippen molar-refractivity contribution in [1.82, 2.24) is 18.7 Å². The first-order valence-electron chi connectivity index (χ1n) is 13.5. The van der Waals surface area contributed by atoms with Gasteiger partial charge in [0.15, 0.2) is 0 Å². The summed E-state index contributed by atoms with van der Waals surface area (Å²) >= 11 is 0. The van der Waals surface area contributed by atoms with Crippen molar-refractivity contribution < 1.29 is 22.7 Å². The third kappa shape index (κ3) is 5.22. The number of amides is 1. The number of hydrogen-bond donors (Lipinski definition) is 0. The second-order valence-electron chi connectivity index (χ2n) is 10.5. The second kappa shape index (κ2) is 11.2. The van der Waals surface area contributed by atoms with Crippen molar-refractivity contribution in [2.24, 2.45) is 13.0 Å². The van der Waals surface area contributed by atoms with Crippen LogP contribution < -0.4 is 0 Å². The molecule has 1 atom stereocenters. The van der Waals surface area contributed by atoms with Gasteiger partial charge in [-0.2, -0.15) is 4.31 Å². The Morgan fingerprint density at radius 3 is 2.22 bits per heavy atom. The minimum Gasteiger partial charge on any atom is -0.462 e. The summed E-state index contributed by atoms with van der Waals surface area (Å²) in [4.78, 5) is 30.6. The number of aromatic nitrogens is 1. The highest BCUT2D eigenvalue weighted by molar-refractivity contribution is 7.89. The third-order valence-electron chi connectivity index (χ3n) is 8.45. The zero-order valence-corrected chi connectivity index (χ0v) is 23.1. The van der Waals surface area contributed by atoms with Gasteiger partial charge in [-0.25, -0.2) is 13.2 Å². The van der Waals surface area contributed by atoms with Gasteiger partial charge in [0.25, 0.3) is 0 Å². The molecule has 1 aromatic rings. The standard InChI is InChI=1S/C26H42N4O5S/c1-5-35-26(32)23-19(2)27(4)20(3)24(23)36(33,34)30-13-9-10-21(18-30)25(31)29-16-14-28(15-17-29)22-11-7-6-8-12-22/h21-22H,5-18H2,1-4H3/t21-/m0/s1. The van der Waals surface area contributed by atoms with Gasteiger partial charge in [0.05, 0.1) is 12.5 Å². The van der Waals surface area contributed by atoms with E-state index in [-0.39, 0.29) is 35.4 Å². The smallest absolute Gasteiger partial charge is 0.341 e. The lowest BCUT2D eigenvalue weighted by molar-refractivity contribution is -0.138. The molecule has 1 saturated carbocycles. The number of rotatable bonds is 6. The van der Waals surface area contributed by atoms with E-state index in [1.54, 1.807) is 32.4 Å². The number of sulfonamides is 1. The fourth-order valence-electron chi connectivity index (χ4n) is 6.18. The normalized spacial score (nSPS) is 23.1. The summed E-state index contributed by atoms with van der Waals surface area (Å²) in [6.07, 6.45) is 7.76. The van der Waals surface area contributed by atoms with Crippen LogP contribution in [0.1, 0.15) is 73.6 Å². The summed E-state index contributed by atoms with van der Waals surface area (Å²) in [5.41, 5.74) is 1.16. The fraction of sp³-hybridized carbons (Fsp3) is 0.769. The molecule has 1 aliphatic carbocycles. The Labute approximate surface area is 215 Å². The van der Waals surface area contributed by atoms with Crippen molar-refractivity contribution in [3.05, 3.63) is 17.0 Å². The molecule has 0 radical (unpaired) electrons. The highest BCUT2D eigenvalue weighted by Crippen LogP contribution is 2.32. The van der Waals surface area contributed by atoms with Gasteiger partial charge in [0, 0.05) is 63.7 Å². The largest absolute Gasteiger partial charge is 0.462 e. The van der Waals surface area contributed by atoms with Crippen LogP contribution in [0.3, 0.4) is 0 Å². The summed E-state index contributed by atoms with van der Waals surface area (Å²) in [5.74, 6) is -0.923. The van der Waals surface area contributed by atoms with E-state index in [4.69, 9.17) is 4.74 Å². The Balaban J connectivity index is 1.47. The lowest BCUT2D eigenvalue weighted by Gasteiger charge is -2.42. The van der Waals surface area contributed by atoms with Crippen molar-refractivity contribution in [3.8, 4) is 0 Å². The molecule has 202 valence electrons. The molecule has 9 nitrogen and oxygen atoms in total. The molecule has 3 fully saturated rings. The van der Waals surface area contributed by atoms with Gasteiger partial charge in [-0.15, -0.1) is 0 Å². The summed E-state index contributed by atoms with van der Waals surface area (Å²) in [7, 11) is -2.22. The molecular weight excluding hydrogens is 480 g/mol. The minimum absolute atomic E-state index is 0.00939. The minimum atomic E-state index is -3.98. The number of hydrogen-bond acceptors (Lipinski definition) is 6. The van der Waals surface area contributed by atoms with E-state index in [1.807, 2.05) is 4.90 Å². The molecule has 3 heterocycles. The van der Waals surface area contributed by atoms with E-state index in [0.29, 0.717) is 49.9 Å². The zero-order valence-electron chi connectivity index (χ0n) is 22.3. The third-order valence-corrected chi connectivity index (χ3v) is 10.5. The van der Waals surface area contributed by atoms with Crippen LogP contribution in [0.25, 0.3) is 0 Å². The molecule has 4 rings (SSSR count). The molecule has 1 amide bonds. The van der Waals surface area contributed by atoms with Crippen molar-refractivity contribution in [2.75, 3.05) is 45.9 Å². The quantitative estimate of drug-likeness (QED) is 0.534. The van der Waals surface area contributed by atoms with Crippen LogP contribution in [0, 0.1) is 19.8 Å². The molecule has 2 saturated heterocycles. The first-order chi connectivity index (χ1) is 17.2. The van der Waals surface area contributed by atoms with Crippen LogP contribution >= 0.6 is 0 Å². The van der Waals surface area contributed by atoms with Gasteiger partial charge >= 0.3 is 5.97 Å². The van der Waals surface area contributed by atoms with Gasteiger partial charge in [-0.1, -0.05) is 19.3 Å². The number of piperazine rings is 1. The molecule has 36 heavy (non-hydrogen) atoms. The molecule has 0 unspecified atom stereocenters. The Kier molecular flexibility index (Phi) is 8.46. The highest BCUT2D eigenvalue weighted by Gasteiger charge is 2.40. The van der Waals surface area contributed by atoms with Crippen molar-refractivity contribution in [3.63, 3.8) is 0 Å². The molecule has 0 bridgehead atoms. The molecule has 1 aromatic heterocycles. The first kappa shape index (κ1) is 27.1. The number of carbonyl (C=O) groups excluding carboxylic acids is 2. The summed E-state index contributed by atoms with van der Waals surface area (Å²) < 4.78 is 36.0. The summed E-state index contributed by atoms with van der Waals surface area (Å²) in [5, 5.41) is 0. The molecule has 2 aliphatic heterocycles. The topological polar surface area (TPSA) is 92.2 Å². The second-order valence-corrected chi connectivity index (χ2v) is 12.4. The predicted molar refractivity (Wildman–Crippen MR) is 137 cm³/mol. The van der Waals surface area contributed by atoms with Crippen LogP contribution in [0.5, 0.6) is 0 Å². The highest BCUT2D eigenvalue weighted by atomic mass is 32.2. The van der Waals surface area contributed by atoms with Crippen LogP contribution in [0.15, 0.2) is 4.90 Å². The van der Waals surface area contributed by atoms with E-state index in [9.17, 15) is 18.0 Å². The summed E-state index contributed by atoms with van der Waals surface area (Å²) in [6.45, 7) is 9.02. The molecule has 0 aromatic carbocycles. The SMILES string of the molecule is CCOC(=O)c1c(S(=O)(=O)N2CCC[C@H](C(=O)N3CCN(C4CCCCC4)CC3)C2)c(C)n(C)c1C. The van der Waals surface area contributed by atoms with Crippen LogP contribution in [0.2, 0.25) is 0 Å². The number of nitrogens with zero attached hydrogens (tertiary/aromatic N) is 4. The number of ether oxygens (including phenoxy) is 1. The Hall–Kier alpha value is -1.91. The van der Waals surface area contributed by atoms with Gasteiger partial charge in [0.1, 0.15) is 10.5 Å². The van der Waals surface area contributed by atoms with Crippen molar-refractivity contribution in [1.29, 1.82) is 0 Å². The number of carbonyl (C=O) groups is 2. The first-order valence-corrected chi connectivity index (χ1v) is 15.0. The van der Waals surface area contributed by atoms with E-state index >= 15 is 0 Å². The molecule has 0 spiro atoms. The molecule has 0 N–H and O–H groups in total. The van der Waals surface area contributed by atoms with Crippen LogP contribution in [-0.2, 0) is 26.6 Å². The summed E-state index contributed by atoms with van der Waals surface area (Å²) in [6, 6.07) is 0.650. The van der Waals surface area contributed by atoms with Crippen molar-refractivity contribution in [2.45, 2.75) is 76.7 Å². The van der Waals surface area contributed by atoms with E-state index < -0.39 is 16.0 Å². The average molecular weight is 523 g/mol. The van der Waals surface area contributed by atoms with Crippen LogP contribution in [-0.4, -0.2) is 90.9 Å². The van der Waals surface area contributed by atoms with Crippen molar-refractivity contribution >= 4 is 21.9 Å². The molecule has 10 heteroatoms. The monoisotopic (exact) mass is 522 g/mol. The van der Waals surface area contributed by atoms with Gasteiger partial charge in [0.2, 0.25) is 15.9 Å². The zero-order chi connectivity index (χ0) is 26.0. The Morgan fingerprint density at radius 1 is 0.917 bits per heavy atom. The maximum absolute atomic E-state index is 13.8. The Morgan fingerprint density at radius 2 is 1.58 bits per heavy atom. The fourth-order valence-corrected chi connectivity index (χ4v) is 8.18. The Bertz CT molecular complexity index is 1070. The molecular formula is C26H42N4O5S. The lowest BCUT2D eigenvalue weighted by Crippen LogP contribution is -2.55. The van der Waals surface area contributed by atoms with E-state index in [0.717, 1.165) is 13.1 Å². The van der Waals surface area contributed by atoms with Crippen LogP contribution in [0.4, 0.5) is 0 Å². The van der Waals surface area contributed by atoms with E-state index in [1.165, 1.54) is 36.4 Å². The molecule has 3 aliphatic rings. The number of piperidine rings is 1. The average Bonchev–Trinajstić information content (AvgIpc) is 3.13. The predicted octanol–water partition coefficient (Wildman–Crippen LogP) is 2.70. The van der Waals surface area contributed by atoms with Gasteiger partial charge in [-0.05, 0) is 46.5 Å².